The molecule has 0 saturated heterocycles. The number of amides is 1. The molecule has 0 bridgehead atoms. The molecule has 128 valence electrons. The minimum Gasteiger partial charge on any atom is -0.377 e. The first-order valence-corrected chi connectivity index (χ1v) is 8.15. The number of benzene rings is 2. The summed E-state index contributed by atoms with van der Waals surface area (Å²) < 4.78 is 7.04. The molecule has 0 aliphatic rings. The van der Waals surface area contributed by atoms with Gasteiger partial charge in [0.1, 0.15) is 12.7 Å². The topological polar surface area (TPSA) is 69.0 Å². The summed E-state index contributed by atoms with van der Waals surface area (Å²) in [6.45, 7) is 3.70. The van der Waals surface area contributed by atoms with Gasteiger partial charge in [0, 0.05) is 18.7 Å². The molecule has 0 saturated carbocycles. The molecular formula is C19H20N4O2. The van der Waals surface area contributed by atoms with Crippen molar-refractivity contribution in [2.75, 3.05) is 6.61 Å². The summed E-state index contributed by atoms with van der Waals surface area (Å²) in [7, 11) is 0. The second-order valence-corrected chi connectivity index (χ2v) is 5.53. The molecule has 3 rings (SSSR count). The van der Waals surface area contributed by atoms with E-state index >= 15 is 0 Å². The fraction of sp³-hybridized carbons (Fsp3) is 0.211. The van der Waals surface area contributed by atoms with E-state index in [0.29, 0.717) is 25.3 Å². The molecule has 0 aliphatic heterocycles. The molecule has 0 unspecified atom stereocenters. The summed E-state index contributed by atoms with van der Waals surface area (Å²) in [6, 6.07) is 15.3. The van der Waals surface area contributed by atoms with Gasteiger partial charge < -0.3 is 10.1 Å². The van der Waals surface area contributed by atoms with Gasteiger partial charge in [-0.1, -0.05) is 30.3 Å². The van der Waals surface area contributed by atoms with Gasteiger partial charge in [0.25, 0.3) is 5.91 Å². The first kappa shape index (κ1) is 16.9. The van der Waals surface area contributed by atoms with Gasteiger partial charge in [-0.3, -0.25) is 4.79 Å². The molecule has 1 N–H and O–H groups in total. The number of carbonyl (C=O) groups is 1. The Hall–Kier alpha value is -2.99. The second kappa shape index (κ2) is 8.21. The number of hydrogen-bond donors (Lipinski definition) is 1. The third-order valence-corrected chi connectivity index (χ3v) is 3.71. The number of nitrogens with one attached hydrogen (secondary N) is 1. The smallest absolute Gasteiger partial charge is 0.251 e. The number of rotatable bonds is 7. The van der Waals surface area contributed by atoms with Gasteiger partial charge in [-0.2, -0.15) is 5.10 Å². The highest BCUT2D eigenvalue weighted by Crippen LogP contribution is 2.10. The van der Waals surface area contributed by atoms with E-state index in [-0.39, 0.29) is 5.91 Å². The monoisotopic (exact) mass is 336 g/mol. The van der Waals surface area contributed by atoms with Crippen LogP contribution in [0.1, 0.15) is 28.4 Å². The van der Waals surface area contributed by atoms with E-state index in [2.05, 4.69) is 15.4 Å². The Morgan fingerprint density at radius 1 is 1.16 bits per heavy atom. The van der Waals surface area contributed by atoms with Crippen LogP contribution in [0.3, 0.4) is 0 Å². The summed E-state index contributed by atoms with van der Waals surface area (Å²) in [5.74, 6) is -0.128. The van der Waals surface area contributed by atoms with E-state index in [1.807, 2.05) is 43.3 Å². The molecule has 3 aromatic rings. The van der Waals surface area contributed by atoms with Gasteiger partial charge in [0.15, 0.2) is 0 Å². The predicted molar refractivity (Wildman–Crippen MR) is 94.3 cm³/mol. The largest absolute Gasteiger partial charge is 0.377 e. The van der Waals surface area contributed by atoms with Crippen LogP contribution in [0.2, 0.25) is 0 Å². The number of hydrogen-bond acceptors (Lipinski definition) is 4. The van der Waals surface area contributed by atoms with Gasteiger partial charge in [-0.05, 0) is 36.2 Å². The van der Waals surface area contributed by atoms with E-state index in [1.54, 1.807) is 23.1 Å². The zero-order chi connectivity index (χ0) is 17.5. The number of ether oxygens (including phenoxy) is 1. The van der Waals surface area contributed by atoms with E-state index in [0.717, 1.165) is 16.8 Å². The summed E-state index contributed by atoms with van der Waals surface area (Å²) in [4.78, 5) is 16.3. The lowest BCUT2D eigenvalue weighted by Gasteiger charge is -2.09. The van der Waals surface area contributed by atoms with Crippen LogP contribution in [0.15, 0.2) is 61.2 Å². The van der Waals surface area contributed by atoms with Gasteiger partial charge in [0.05, 0.1) is 12.3 Å². The highest BCUT2D eigenvalue weighted by atomic mass is 16.5. The molecular weight excluding hydrogens is 316 g/mol. The van der Waals surface area contributed by atoms with Crippen molar-refractivity contribution in [3.05, 3.63) is 77.9 Å². The zero-order valence-electron chi connectivity index (χ0n) is 14.1. The number of nitrogens with zero attached hydrogens (tertiary/aromatic N) is 3. The third-order valence-electron chi connectivity index (χ3n) is 3.71. The van der Waals surface area contributed by atoms with Gasteiger partial charge in [0.2, 0.25) is 0 Å². The van der Waals surface area contributed by atoms with Gasteiger partial charge in [-0.15, -0.1) is 0 Å². The predicted octanol–water partition coefficient (Wildman–Crippen LogP) is 2.73. The number of aromatic nitrogens is 3. The second-order valence-electron chi connectivity index (χ2n) is 5.53. The normalized spacial score (nSPS) is 10.6. The molecule has 0 fully saturated rings. The third kappa shape index (κ3) is 4.51. The Kier molecular flexibility index (Phi) is 5.53. The highest BCUT2D eigenvalue weighted by Gasteiger charge is 2.07. The van der Waals surface area contributed by atoms with E-state index < -0.39 is 0 Å². The van der Waals surface area contributed by atoms with Crippen molar-refractivity contribution in [3.63, 3.8) is 0 Å². The minimum atomic E-state index is -0.128. The number of carbonyl (C=O) groups excluding carboxylic acids is 1. The quantitative estimate of drug-likeness (QED) is 0.720. The maximum atomic E-state index is 12.4. The van der Waals surface area contributed by atoms with Crippen LogP contribution in [0.4, 0.5) is 0 Å². The lowest BCUT2D eigenvalue weighted by Crippen LogP contribution is -2.23. The van der Waals surface area contributed by atoms with Crippen LogP contribution in [0, 0.1) is 0 Å². The summed E-state index contributed by atoms with van der Waals surface area (Å²) >= 11 is 0. The van der Waals surface area contributed by atoms with Crippen molar-refractivity contribution >= 4 is 5.91 Å². The average molecular weight is 336 g/mol. The lowest BCUT2D eigenvalue weighted by atomic mass is 10.1. The lowest BCUT2D eigenvalue weighted by molar-refractivity contribution is 0.0951. The standard InChI is InChI=1S/C19H20N4O2/c1-2-25-12-16-6-3-5-15(9-16)11-21-19(24)17-7-4-8-18(10-17)23-14-20-13-22-23/h3-10,13-14H,2,11-12H2,1H3,(H,21,24). The van der Waals surface area contributed by atoms with Crippen molar-refractivity contribution in [2.45, 2.75) is 20.1 Å². The van der Waals surface area contributed by atoms with Crippen LogP contribution >= 0.6 is 0 Å². The van der Waals surface area contributed by atoms with Crippen molar-refractivity contribution in [3.8, 4) is 5.69 Å². The van der Waals surface area contributed by atoms with Gasteiger partial charge >= 0.3 is 0 Å². The van der Waals surface area contributed by atoms with Crippen LogP contribution in [0.5, 0.6) is 0 Å². The van der Waals surface area contributed by atoms with Crippen LogP contribution in [0.25, 0.3) is 5.69 Å². The Bertz CT molecular complexity index is 831. The molecule has 25 heavy (non-hydrogen) atoms. The Balaban J connectivity index is 1.64. The summed E-state index contributed by atoms with van der Waals surface area (Å²) in [6.07, 6.45) is 3.06. The van der Waals surface area contributed by atoms with Crippen molar-refractivity contribution in [1.82, 2.24) is 20.1 Å². The molecule has 6 heteroatoms. The van der Waals surface area contributed by atoms with Crippen molar-refractivity contribution < 1.29 is 9.53 Å². The average Bonchev–Trinajstić information content (AvgIpc) is 3.20. The first-order chi connectivity index (χ1) is 12.3. The van der Waals surface area contributed by atoms with E-state index in [1.165, 1.54) is 6.33 Å². The van der Waals surface area contributed by atoms with Gasteiger partial charge in [-0.25, -0.2) is 9.67 Å². The van der Waals surface area contributed by atoms with Crippen LogP contribution < -0.4 is 5.32 Å². The van der Waals surface area contributed by atoms with Crippen molar-refractivity contribution in [2.24, 2.45) is 0 Å². The van der Waals surface area contributed by atoms with Crippen LogP contribution in [-0.4, -0.2) is 27.3 Å². The van der Waals surface area contributed by atoms with E-state index in [9.17, 15) is 4.79 Å². The molecule has 0 spiro atoms. The fourth-order valence-corrected chi connectivity index (χ4v) is 2.46. The zero-order valence-corrected chi connectivity index (χ0v) is 14.1. The van der Waals surface area contributed by atoms with E-state index in [4.69, 9.17) is 4.74 Å². The van der Waals surface area contributed by atoms with Crippen LogP contribution in [-0.2, 0) is 17.9 Å². The summed E-state index contributed by atoms with van der Waals surface area (Å²) in [5, 5.41) is 7.02. The molecule has 1 amide bonds. The maximum absolute atomic E-state index is 12.4. The SMILES string of the molecule is CCOCc1cccc(CNC(=O)c2cccc(-n3cncn3)c2)c1. The molecule has 0 aliphatic carbocycles. The highest BCUT2D eigenvalue weighted by molar-refractivity contribution is 5.94. The maximum Gasteiger partial charge on any atom is 0.251 e. The Morgan fingerprint density at radius 3 is 2.80 bits per heavy atom. The molecule has 1 aromatic heterocycles. The summed E-state index contributed by atoms with van der Waals surface area (Å²) in [5.41, 5.74) is 3.52. The fourth-order valence-electron chi connectivity index (χ4n) is 2.46. The molecule has 0 atom stereocenters. The molecule has 2 aromatic carbocycles. The Morgan fingerprint density at radius 2 is 2.00 bits per heavy atom. The molecule has 6 nitrogen and oxygen atoms in total. The minimum absolute atomic E-state index is 0.128. The van der Waals surface area contributed by atoms with Crippen molar-refractivity contribution in [1.29, 1.82) is 0 Å². The molecule has 1 heterocycles. The Labute approximate surface area is 146 Å². The first-order valence-electron chi connectivity index (χ1n) is 8.15. The molecule has 0 radical (unpaired) electrons.